The van der Waals surface area contributed by atoms with Gasteiger partial charge in [0.2, 0.25) is 0 Å². The van der Waals surface area contributed by atoms with Crippen molar-refractivity contribution in [1.82, 2.24) is 20.2 Å². The lowest BCUT2D eigenvalue weighted by Crippen LogP contribution is -2.20. The molecule has 0 radical (unpaired) electrons. The van der Waals surface area contributed by atoms with Crippen LogP contribution in [-0.4, -0.2) is 32.6 Å². The summed E-state index contributed by atoms with van der Waals surface area (Å²) in [5.41, 5.74) is 5.52. The predicted octanol–water partition coefficient (Wildman–Crippen LogP) is 4.28. The molecule has 0 bridgehead atoms. The number of aryl methyl sites for hydroxylation is 1. The van der Waals surface area contributed by atoms with E-state index < -0.39 is 0 Å². The zero-order chi connectivity index (χ0) is 22.1. The summed E-state index contributed by atoms with van der Waals surface area (Å²) in [6, 6.07) is 15.3. The van der Waals surface area contributed by atoms with Crippen LogP contribution in [0.1, 0.15) is 17.0 Å². The first kappa shape index (κ1) is 22.6. The second-order valence-electron chi connectivity index (χ2n) is 6.60. The first-order valence-corrected chi connectivity index (χ1v) is 11.0. The molecule has 1 aromatic heterocycles. The van der Waals surface area contributed by atoms with E-state index in [9.17, 15) is 4.79 Å². The van der Waals surface area contributed by atoms with Gasteiger partial charge in [-0.05, 0) is 42.3 Å². The number of hydrogen-bond acceptors (Lipinski definition) is 6. The molecule has 0 saturated carbocycles. The normalized spacial score (nSPS) is 10.9. The topological polar surface area (TPSA) is 84.2 Å². The first-order chi connectivity index (χ1) is 15.1. The van der Waals surface area contributed by atoms with Crippen LogP contribution in [-0.2, 0) is 17.9 Å². The molecular weight excluding hydrogens is 432 g/mol. The molecule has 0 aliphatic carbocycles. The van der Waals surface area contributed by atoms with Crippen LogP contribution < -0.4 is 10.7 Å². The number of nitrogens with zero attached hydrogens (tertiary/aromatic N) is 4. The van der Waals surface area contributed by atoms with Crippen molar-refractivity contribution in [2.45, 2.75) is 25.2 Å². The van der Waals surface area contributed by atoms with Gasteiger partial charge < -0.3 is 9.88 Å². The number of amides is 1. The molecule has 1 heterocycles. The van der Waals surface area contributed by atoms with Crippen LogP contribution in [0.15, 0.2) is 71.4 Å². The van der Waals surface area contributed by atoms with Crippen molar-refractivity contribution in [3.05, 3.63) is 83.2 Å². The van der Waals surface area contributed by atoms with E-state index in [-0.39, 0.29) is 11.7 Å². The summed E-state index contributed by atoms with van der Waals surface area (Å²) in [5.74, 6) is 0.699. The molecule has 0 atom stereocenters. The Balaban J connectivity index is 1.55. The van der Waals surface area contributed by atoms with Crippen molar-refractivity contribution in [3.63, 3.8) is 0 Å². The van der Waals surface area contributed by atoms with Crippen molar-refractivity contribution < 1.29 is 4.79 Å². The molecule has 1 amide bonds. The number of benzene rings is 2. The number of thioether (sulfide) groups is 1. The van der Waals surface area contributed by atoms with Crippen molar-refractivity contribution >= 4 is 41.2 Å². The Morgan fingerprint density at radius 2 is 2.00 bits per heavy atom. The van der Waals surface area contributed by atoms with Gasteiger partial charge in [0.15, 0.2) is 11.0 Å². The van der Waals surface area contributed by atoms with Crippen LogP contribution in [0.4, 0.5) is 5.69 Å². The Hall–Kier alpha value is -3.10. The van der Waals surface area contributed by atoms with Gasteiger partial charge in [0.05, 0.1) is 18.5 Å². The highest BCUT2D eigenvalue weighted by molar-refractivity contribution is 7.99. The van der Waals surface area contributed by atoms with E-state index in [1.807, 2.05) is 60.0 Å². The lowest BCUT2D eigenvalue weighted by molar-refractivity contribution is -0.118. The van der Waals surface area contributed by atoms with Gasteiger partial charge in [-0.15, -0.1) is 16.8 Å². The molecule has 9 heteroatoms. The summed E-state index contributed by atoms with van der Waals surface area (Å²) in [6.07, 6.45) is 3.41. The number of rotatable bonds is 10. The molecule has 7 nitrogen and oxygen atoms in total. The number of nitrogens with one attached hydrogen (secondary N) is 2. The molecule has 0 unspecified atom stereocenters. The second kappa shape index (κ2) is 11.3. The van der Waals surface area contributed by atoms with Gasteiger partial charge in [0.25, 0.3) is 5.91 Å². The minimum atomic E-state index is -0.219. The lowest BCUT2D eigenvalue weighted by Gasteiger charge is -2.09. The maximum Gasteiger partial charge on any atom is 0.250 e. The van der Waals surface area contributed by atoms with E-state index in [0.717, 1.165) is 22.6 Å². The smallest absolute Gasteiger partial charge is 0.250 e. The van der Waals surface area contributed by atoms with E-state index in [2.05, 4.69) is 32.6 Å². The zero-order valence-electron chi connectivity index (χ0n) is 17.1. The predicted molar refractivity (Wildman–Crippen MR) is 127 cm³/mol. The second-order valence-corrected chi connectivity index (χ2v) is 7.98. The van der Waals surface area contributed by atoms with Gasteiger partial charge in [-0.2, -0.15) is 5.10 Å². The quantitative estimate of drug-likeness (QED) is 0.207. The first-order valence-electron chi connectivity index (χ1n) is 9.59. The molecule has 0 fully saturated rings. The Labute approximate surface area is 190 Å². The fraction of sp³-hybridized carbons (Fsp3) is 0.182. The Morgan fingerprint density at radius 3 is 2.74 bits per heavy atom. The fourth-order valence-corrected chi connectivity index (χ4v) is 3.57. The Bertz CT molecular complexity index is 1060. The maximum absolute atomic E-state index is 12.2. The molecule has 160 valence electrons. The SMILES string of the molecule is C=CCn1c(CNc2ccc(Cl)cc2)nnc1SCC(=O)N/N=C/c1ccccc1C. The number of aromatic nitrogens is 3. The number of carbonyl (C=O) groups is 1. The highest BCUT2D eigenvalue weighted by Gasteiger charge is 2.13. The summed E-state index contributed by atoms with van der Waals surface area (Å²) in [5, 5.41) is 17.1. The zero-order valence-corrected chi connectivity index (χ0v) is 18.7. The molecule has 31 heavy (non-hydrogen) atoms. The molecule has 0 aliphatic heterocycles. The summed E-state index contributed by atoms with van der Waals surface area (Å²) >= 11 is 7.22. The van der Waals surface area contributed by atoms with Crippen molar-refractivity contribution in [2.75, 3.05) is 11.1 Å². The van der Waals surface area contributed by atoms with E-state index in [0.29, 0.717) is 23.3 Å². The molecule has 0 aliphatic rings. The third-order valence-corrected chi connectivity index (χ3v) is 5.53. The highest BCUT2D eigenvalue weighted by atomic mass is 35.5. The number of halogens is 1. The highest BCUT2D eigenvalue weighted by Crippen LogP contribution is 2.19. The minimum Gasteiger partial charge on any atom is -0.378 e. The van der Waals surface area contributed by atoms with Gasteiger partial charge in [0, 0.05) is 17.3 Å². The fourth-order valence-electron chi connectivity index (χ4n) is 2.69. The monoisotopic (exact) mass is 454 g/mol. The van der Waals surface area contributed by atoms with Gasteiger partial charge >= 0.3 is 0 Å². The van der Waals surface area contributed by atoms with Crippen LogP contribution in [0.25, 0.3) is 0 Å². The lowest BCUT2D eigenvalue weighted by atomic mass is 10.1. The summed E-state index contributed by atoms with van der Waals surface area (Å²) in [4.78, 5) is 12.2. The number of anilines is 1. The summed E-state index contributed by atoms with van der Waals surface area (Å²) in [7, 11) is 0. The Kier molecular flexibility index (Phi) is 8.26. The van der Waals surface area contributed by atoms with E-state index in [4.69, 9.17) is 11.6 Å². The molecule has 0 spiro atoms. The number of carbonyl (C=O) groups excluding carboxylic acids is 1. The van der Waals surface area contributed by atoms with Crippen molar-refractivity contribution in [2.24, 2.45) is 5.10 Å². The van der Waals surface area contributed by atoms with Gasteiger partial charge in [-0.25, -0.2) is 5.43 Å². The van der Waals surface area contributed by atoms with E-state index in [1.54, 1.807) is 12.3 Å². The van der Waals surface area contributed by atoms with Gasteiger partial charge in [-0.1, -0.05) is 53.7 Å². The van der Waals surface area contributed by atoms with Crippen LogP contribution in [0.5, 0.6) is 0 Å². The van der Waals surface area contributed by atoms with Crippen LogP contribution in [0.3, 0.4) is 0 Å². The third kappa shape index (κ3) is 6.70. The molecular formula is C22H23ClN6OS. The van der Waals surface area contributed by atoms with Crippen LogP contribution in [0, 0.1) is 6.92 Å². The molecule has 2 N–H and O–H groups in total. The number of hydrogen-bond donors (Lipinski definition) is 2. The standard InChI is InChI=1S/C22H23ClN6OS/c1-3-12-29-20(14-24-19-10-8-18(23)9-11-19)26-28-22(29)31-15-21(30)27-25-13-17-7-5-4-6-16(17)2/h3-11,13,24H,1,12,14-15H2,2H3,(H,27,30)/b25-13+. The van der Waals surface area contributed by atoms with Crippen molar-refractivity contribution in [1.29, 1.82) is 0 Å². The number of allylic oxidation sites excluding steroid dienone is 1. The van der Waals surface area contributed by atoms with Crippen molar-refractivity contribution in [3.8, 4) is 0 Å². The van der Waals surface area contributed by atoms with Gasteiger partial charge in [-0.3, -0.25) is 4.79 Å². The summed E-state index contributed by atoms with van der Waals surface area (Å²) < 4.78 is 1.92. The molecule has 0 saturated heterocycles. The largest absolute Gasteiger partial charge is 0.378 e. The molecule has 3 aromatic rings. The van der Waals surface area contributed by atoms with E-state index >= 15 is 0 Å². The van der Waals surface area contributed by atoms with Crippen LogP contribution in [0.2, 0.25) is 5.02 Å². The number of hydrazone groups is 1. The molecule has 2 aromatic carbocycles. The maximum atomic E-state index is 12.2. The third-order valence-electron chi connectivity index (χ3n) is 4.31. The van der Waals surface area contributed by atoms with Gasteiger partial charge in [0.1, 0.15) is 0 Å². The average Bonchev–Trinajstić information content (AvgIpc) is 3.15. The van der Waals surface area contributed by atoms with Crippen LogP contribution >= 0.6 is 23.4 Å². The molecule has 3 rings (SSSR count). The average molecular weight is 455 g/mol. The van der Waals surface area contributed by atoms with E-state index in [1.165, 1.54) is 11.8 Å². The summed E-state index contributed by atoms with van der Waals surface area (Å²) in [6.45, 7) is 6.81. The Morgan fingerprint density at radius 1 is 1.23 bits per heavy atom. The minimum absolute atomic E-state index is 0.172.